The van der Waals surface area contributed by atoms with E-state index in [-0.39, 0.29) is 13.2 Å². The largest absolute Gasteiger partial charge is 0.443 e. The maximum atomic E-state index is 12.7. The van der Waals surface area contributed by atoms with E-state index < -0.39 is 35.5 Å². The van der Waals surface area contributed by atoms with Crippen LogP contribution in [0.2, 0.25) is 0 Å². The quantitative estimate of drug-likeness (QED) is 0.302. The molecule has 2 atom stereocenters. The number of primary amides is 1. The van der Waals surface area contributed by atoms with Gasteiger partial charge in [0.25, 0.3) is 0 Å². The minimum absolute atomic E-state index is 0.0866. The Morgan fingerprint density at radius 3 is 2.42 bits per heavy atom. The summed E-state index contributed by atoms with van der Waals surface area (Å²) in [5, 5.41) is 13.7. The van der Waals surface area contributed by atoms with Gasteiger partial charge in [0.1, 0.15) is 18.7 Å². The minimum atomic E-state index is -1.14. The predicted molar refractivity (Wildman–Crippen MR) is 130 cm³/mol. The highest BCUT2D eigenvalue weighted by Crippen LogP contribution is 2.18. The SMILES string of the molecule is C[C@@H](NC(=O)OCc1cccc2nnc([C@@H](COCc3ccccc3)NC(=O)C(C)(C)N)n12)C(N)=O. The van der Waals surface area contributed by atoms with Gasteiger partial charge in [-0.3, -0.25) is 14.0 Å². The number of aromatic nitrogens is 3. The van der Waals surface area contributed by atoms with E-state index in [2.05, 4.69) is 20.8 Å². The Morgan fingerprint density at radius 2 is 1.75 bits per heavy atom. The van der Waals surface area contributed by atoms with E-state index in [1.54, 1.807) is 36.4 Å². The van der Waals surface area contributed by atoms with Crippen LogP contribution in [0.3, 0.4) is 0 Å². The Labute approximate surface area is 208 Å². The van der Waals surface area contributed by atoms with E-state index >= 15 is 0 Å². The van der Waals surface area contributed by atoms with Crippen LogP contribution in [0.1, 0.15) is 43.9 Å². The van der Waals surface area contributed by atoms with Gasteiger partial charge in [-0.25, -0.2) is 4.79 Å². The lowest BCUT2D eigenvalue weighted by atomic mass is 10.1. The molecule has 36 heavy (non-hydrogen) atoms. The maximum Gasteiger partial charge on any atom is 0.408 e. The Kier molecular flexibility index (Phi) is 8.56. The van der Waals surface area contributed by atoms with E-state index in [4.69, 9.17) is 20.9 Å². The fourth-order valence-corrected chi connectivity index (χ4v) is 3.19. The van der Waals surface area contributed by atoms with E-state index in [0.717, 1.165) is 5.56 Å². The van der Waals surface area contributed by atoms with Gasteiger partial charge in [-0.1, -0.05) is 36.4 Å². The number of pyridine rings is 1. The maximum absolute atomic E-state index is 12.7. The van der Waals surface area contributed by atoms with Crippen molar-refractivity contribution in [1.82, 2.24) is 25.2 Å². The fraction of sp³-hybridized carbons (Fsp3) is 0.375. The van der Waals surface area contributed by atoms with Crippen molar-refractivity contribution >= 4 is 23.6 Å². The molecule has 1 aromatic carbocycles. The Hall–Kier alpha value is -4.03. The number of rotatable bonds is 11. The third-order valence-corrected chi connectivity index (χ3v) is 5.24. The smallest absolute Gasteiger partial charge is 0.408 e. The number of fused-ring (bicyclic) bond motifs is 1. The summed E-state index contributed by atoms with van der Waals surface area (Å²) in [7, 11) is 0. The molecule has 0 saturated heterocycles. The highest BCUT2D eigenvalue weighted by molar-refractivity contribution is 5.85. The molecule has 0 aliphatic rings. The van der Waals surface area contributed by atoms with E-state index in [1.165, 1.54) is 6.92 Å². The first-order valence-electron chi connectivity index (χ1n) is 11.3. The number of nitrogens with zero attached hydrogens (tertiary/aromatic N) is 3. The molecule has 12 heteroatoms. The number of alkyl carbamates (subject to hydrolysis) is 1. The molecule has 0 aliphatic carbocycles. The van der Waals surface area contributed by atoms with Gasteiger partial charge in [-0.2, -0.15) is 0 Å². The summed E-state index contributed by atoms with van der Waals surface area (Å²) < 4.78 is 12.8. The number of hydrogen-bond donors (Lipinski definition) is 4. The van der Waals surface area contributed by atoms with Crippen molar-refractivity contribution in [2.75, 3.05) is 6.61 Å². The monoisotopic (exact) mass is 497 g/mol. The molecule has 0 unspecified atom stereocenters. The van der Waals surface area contributed by atoms with Crippen molar-refractivity contribution in [3.63, 3.8) is 0 Å². The molecular weight excluding hydrogens is 466 g/mol. The second-order valence-corrected chi connectivity index (χ2v) is 8.86. The van der Waals surface area contributed by atoms with Crippen LogP contribution in [0, 0.1) is 0 Å². The predicted octanol–water partition coefficient (Wildman–Crippen LogP) is 0.941. The van der Waals surface area contributed by atoms with Gasteiger partial charge in [-0.05, 0) is 38.5 Å². The normalized spacial score (nSPS) is 13.1. The van der Waals surface area contributed by atoms with Gasteiger partial charge in [0.2, 0.25) is 11.8 Å². The Morgan fingerprint density at radius 1 is 1.03 bits per heavy atom. The van der Waals surface area contributed by atoms with Crippen LogP contribution in [0.15, 0.2) is 48.5 Å². The number of hydrogen-bond acceptors (Lipinski definition) is 8. The molecule has 2 aromatic heterocycles. The Balaban J connectivity index is 1.84. The topological polar surface area (TPSA) is 176 Å². The number of ether oxygens (including phenoxy) is 2. The first kappa shape index (κ1) is 26.6. The van der Waals surface area contributed by atoms with Crippen LogP contribution in [0.4, 0.5) is 4.79 Å². The van der Waals surface area contributed by atoms with Crippen molar-refractivity contribution in [3.8, 4) is 0 Å². The van der Waals surface area contributed by atoms with Crippen LogP contribution < -0.4 is 22.1 Å². The van der Waals surface area contributed by atoms with Gasteiger partial charge >= 0.3 is 6.09 Å². The summed E-state index contributed by atoms with van der Waals surface area (Å²) >= 11 is 0. The van der Waals surface area contributed by atoms with Crippen molar-refractivity contribution < 1.29 is 23.9 Å². The lowest BCUT2D eigenvalue weighted by molar-refractivity contribution is -0.126. The molecule has 0 fully saturated rings. The van der Waals surface area contributed by atoms with Gasteiger partial charge < -0.3 is 31.6 Å². The summed E-state index contributed by atoms with van der Waals surface area (Å²) in [4.78, 5) is 36.0. The van der Waals surface area contributed by atoms with Gasteiger partial charge in [0, 0.05) is 0 Å². The summed E-state index contributed by atoms with van der Waals surface area (Å²) in [5.41, 5.74) is 12.0. The molecule has 0 radical (unpaired) electrons. The van der Waals surface area contributed by atoms with Crippen molar-refractivity contribution in [1.29, 1.82) is 0 Å². The van der Waals surface area contributed by atoms with Crippen molar-refractivity contribution in [2.24, 2.45) is 11.5 Å². The average molecular weight is 498 g/mol. The van der Waals surface area contributed by atoms with Gasteiger partial charge in [0.15, 0.2) is 11.5 Å². The lowest BCUT2D eigenvalue weighted by Gasteiger charge is -2.24. The van der Waals surface area contributed by atoms with Crippen molar-refractivity contribution in [2.45, 2.75) is 51.6 Å². The van der Waals surface area contributed by atoms with Crippen LogP contribution in [-0.4, -0.2) is 50.7 Å². The first-order chi connectivity index (χ1) is 17.1. The van der Waals surface area contributed by atoms with Gasteiger partial charge in [0.05, 0.1) is 24.4 Å². The second-order valence-electron chi connectivity index (χ2n) is 8.86. The molecule has 2 heterocycles. The van der Waals surface area contributed by atoms with Crippen LogP contribution in [0.25, 0.3) is 5.65 Å². The summed E-state index contributed by atoms with van der Waals surface area (Å²) in [6, 6.07) is 13.2. The summed E-state index contributed by atoms with van der Waals surface area (Å²) in [5.74, 6) is -0.714. The average Bonchev–Trinajstić information content (AvgIpc) is 3.26. The highest BCUT2D eigenvalue weighted by Gasteiger charge is 2.28. The molecule has 6 N–H and O–H groups in total. The molecule has 192 valence electrons. The minimum Gasteiger partial charge on any atom is -0.443 e. The van der Waals surface area contributed by atoms with Gasteiger partial charge in [-0.15, -0.1) is 10.2 Å². The van der Waals surface area contributed by atoms with E-state index in [1.807, 2.05) is 30.3 Å². The molecule has 0 spiro atoms. The zero-order valence-electron chi connectivity index (χ0n) is 20.4. The number of carbonyl (C=O) groups is 3. The lowest BCUT2D eigenvalue weighted by Crippen LogP contribution is -2.51. The zero-order chi connectivity index (χ0) is 26.3. The summed E-state index contributed by atoms with van der Waals surface area (Å²) in [6.07, 6.45) is -0.811. The molecule has 12 nitrogen and oxygen atoms in total. The number of nitrogens with one attached hydrogen (secondary N) is 2. The number of nitrogens with two attached hydrogens (primary N) is 2. The second kappa shape index (κ2) is 11.6. The van der Waals surface area contributed by atoms with Crippen molar-refractivity contribution in [3.05, 3.63) is 65.6 Å². The van der Waals surface area contributed by atoms with Crippen LogP contribution in [-0.2, 0) is 32.3 Å². The summed E-state index contributed by atoms with van der Waals surface area (Å²) in [6.45, 7) is 4.89. The number of benzene rings is 1. The standard InChI is InChI=1S/C24H31N7O5/c1-15(20(25)32)27-23(34)36-13-17-10-7-11-19-29-30-21(31(17)19)18(28-22(33)24(2,3)26)14-35-12-16-8-5-4-6-9-16/h4-11,15,18H,12-14,26H2,1-3H3,(H2,25,32)(H,27,34)(H,28,33)/t15-,18-/m1/s1. The molecule has 0 aliphatic heterocycles. The Bertz CT molecular complexity index is 1210. The fourth-order valence-electron chi connectivity index (χ4n) is 3.19. The highest BCUT2D eigenvalue weighted by atomic mass is 16.5. The van der Waals surface area contributed by atoms with E-state index in [0.29, 0.717) is 23.8 Å². The third-order valence-electron chi connectivity index (χ3n) is 5.24. The molecule has 3 rings (SSSR count). The first-order valence-corrected chi connectivity index (χ1v) is 11.3. The number of carbonyl (C=O) groups excluding carboxylic acids is 3. The number of amides is 3. The molecule has 0 saturated carbocycles. The molecule has 3 amide bonds. The molecular formula is C24H31N7O5. The zero-order valence-corrected chi connectivity index (χ0v) is 20.4. The van der Waals surface area contributed by atoms with Crippen LogP contribution in [0.5, 0.6) is 0 Å². The third kappa shape index (κ3) is 6.99. The van der Waals surface area contributed by atoms with Crippen LogP contribution >= 0.6 is 0 Å². The molecule has 3 aromatic rings. The molecule has 0 bridgehead atoms. The van der Waals surface area contributed by atoms with E-state index in [9.17, 15) is 14.4 Å².